The second-order valence-electron chi connectivity index (χ2n) is 2.91. The van der Waals surface area contributed by atoms with Crippen molar-refractivity contribution in [2.24, 2.45) is 0 Å². The molecule has 0 spiro atoms. The number of carbonyl (C=O) groups is 1. The summed E-state index contributed by atoms with van der Waals surface area (Å²) in [6, 6.07) is 7.44. The number of hydrogen-bond acceptors (Lipinski definition) is 2. The van der Waals surface area contributed by atoms with E-state index in [2.05, 4.69) is 17.2 Å². The van der Waals surface area contributed by atoms with Gasteiger partial charge >= 0.3 is 0 Å². The van der Waals surface area contributed by atoms with Crippen molar-refractivity contribution in [2.45, 2.75) is 0 Å². The molecular formula is C12H12ClNO2. The number of hydrogen-bond donors (Lipinski definition) is 1. The van der Waals surface area contributed by atoms with Crippen molar-refractivity contribution in [1.82, 2.24) is 5.32 Å². The summed E-state index contributed by atoms with van der Waals surface area (Å²) in [5.74, 6) is 6.18. The van der Waals surface area contributed by atoms with E-state index in [1.165, 1.54) is 0 Å². The van der Waals surface area contributed by atoms with Gasteiger partial charge in [0.15, 0.2) is 0 Å². The lowest BCUT2D eigenvalue weighted by atomic mass is 10.2. The highest BCUT2D eigenvalue weighted by Gasteiger charge is 1.96. The predicted octanol–water partition coefficient (Wildman–Crippen LogP) is 1.40. The van der Waals surface area contributed by atoms with E-state index in [0.717, 1.165) is 11.3 Å². The van der Waals surface area contributed by atoms with Gasteiger partial charge in [0.2, 0.25) is 5.91 Å². The van der Waals surface area contributed by atoms with Gasteiger partial charge in [0.05, 0.1) is 19.2 Å². The number of para-hydroxylation sites is 1. The number of amides is 1. The Bertz CT molecular complexity index is 421. The fraction of sp³-hybridized carbons (Fsp3) is 0.250. The molecule has 1 rings (SSSR count). The molecule has 0 atom stereocenters. The molecule has 84 valence electrons. The van der Waals surface area contributed by atoms with Crippen LogP contribution in [0.1, 0.15) is 5.56 Å². The Balaban J connectivity index is 2.59. The summed E-state index contributed by atoms with van der Waals surface area (Å²) in [4.78, 5) is 10.8. The second kappa shape index (κ2) is 6.76. The largest absolute Gasteiger partial charge is 0.495 e. The van der Waals surface area contributed by atoms with Crippen LogP contribution in [0.5, 0.6) is 5.75 Å². The van der Waals surface area contributed by atoms with Crippen molar-refractivity contribution in [3.05, 3.63) is 29.8 Å². The molecule has 0 aromatic heterocycles. The van der Waals surface area contributed by atoms with Gasteiger partial charge in [-0.1, -0.05) is 24.0 Å². The number of benzene rings is 1. The van der Waals surface area contributed by atoms with Crippen LogP contribution in [0.4, 0.5) is 0 Å². The lowest BCUT2D eigenvalue weighted by Crippen LogP contribution is -2.24. The molecule has 1 aromatic rings. The Morgan fingerprint density at radius 3 is 2.94 bits per heavy atom. The third-order valence-electron chi connectivity index (χ3n) is 1.83. The lowest BCUT2D eigenvalue weighted by molar-refractivity contribution is -0.118. The van der Waals surface area contributed by atoms with Crippen molar-refractivity contribution < 1.29 is 9.53 Å². The third kappa shape index (κ3) is 3.84. The van der Waals surface area contributed by atoms with Crippen LogP contribution < -0.4 is 10.1 Å². The highest BCUT2D eigenvalue weighted by Crippen LogP contribution is 2.15. The van der Waals surface area contributed by atoms with Gasteiger partial charge in [0.25, 0.3) is 0 Å². The summed E-state index contributed by atoms with van der Waals surface area (Å²) in [6.07, 6.45) is 0. The molecule has 0 unspecified atom stereocenters. The first kappa shape index (κ1) is 12.4. The van der Waals surface area contributed by atoms with Crippen molar-refractivity contribution >= 4 is 17.5 Å². The first-order chi connectivity index (χ1) is 7.77. The number of alkyl halides is 1. The van der Waals surface area contributed by atoms with Crippen LogP contribution in [-0.2, 0) is 4.79 Å². The molecule has 1 N–H and O–H groups in total. The van der Waals surface area contributed by atoms with Crippen molar-refractivity contribution in [3.8, 4) is 17.6 Å². The molecule has 1 amide bonds. The highest BCUT2D eigenvalue weighted by molar-refractivity contribution is 6.27. The molecule has 16 heavy (non-hydrogen) atoms. The fourth-order valence-corrected chi connectivity index (χ4v) is 1.17. The standard InChI is InChI=1S/C12H12ClNO2/c1-16-11-7-3-2-5-10(11)6-4-8-14-12(15)9-13/h2-3,5,7H,8-9H2,1H3,(H,14,15). The van der Waals surface area contributed by atoms with Crippen LogP contribution in [0.15, 0.2) is 24.3 Å². The Kier molecular flexibility index (Phi) is 5.24. The summed E-state index contributed by atoms with van der Waals surface area (Å²) >= 11 is 5.32. The molecular weight excluding hydrogens is 226 g/mol. The van der Waals surface area contributed by atoms with Crippen LogP contribution in [0.2, 0.25) is 0 Å². The molecule has 4 heteroatoms. The van der Waals surface area contributed by atoms with Gasteiger partial charge in [0, 0.05) is 0 Å². The lowest BCUT2D eigenvalue weighted by Gasteiger charge is -2.01. The molecule has 0 heterocycles. The van der Waals surface area contributed by atoms with E-state index in [9.17, 15) is 4.79 Å². The Morgan fingerprint density at radius 2 is 2.25 bits per heavy atom. The van der Waals surface area contributed by atoms with E-state index in [0.29, 0.717) is 0 Å². The van der Waals surface area contributed by atoms with Crippen molar-refractivity contribution in [2.75, 3.05) is 19.5 Å². The van der Waals surface area contributed by atoms with Gasteiger partial charge < -0.3 is 10.1 Å². The maximum Gasteiger partial charge on any atom is 0.235 e. The summed E-state index contributed by atoms with van der Waals surface area (Å²) in [7, 11) is 1.59. The zero-order valence-electron chi connectivity index (χ0n) is 8.92. The quantitative estimate of drug-likeness (QED) is 0.638. The minimum Gasteiger partial charge on any atom is -0.495 e. The average molecular weight is 238 g/mol. The maximum absolute atomic E-state index is 10.8. The van der Waals surface area contributed by atoms with E-state index in [-0.39, 0.29) is 18.3 Å². The monoisotopic (exact) mass is 237 g/mol. The number of rotatable bonds is 3. The van der Waals surface area contributed by atoms with Crippen LogP contribution >= 0.6 is 11.6 Å². The summed E-state index contributed by atoms with van der Waals surface area (Å²) in [5.41, 5.74) is 0.796. The number of methoxy groups -OCH3 is 1. The Hall–Kier alpha value is -1.66. The zero-order chi connectivity index (χ0) is 11.8. The van der Waals surface area contributed by atoms with Crippen molar-refractivity contribution in [3.63, 3.8) is 0 Å². The smallest absolute Gasteiger partial charge is 0.235 e. The van der Waals surface area contributed by atoms with Crippen LogP contribution in [-0.4, -0.2) is 25.4 Å². The first-order valence-electron chi connectivity index (χ1n) is 4.72. The van der Waals surface area contributed by atoms with E-state index in [4.69, 9.17) is 16.3 Å². The Labute approximate surface area is 99.7 Å². The van der Waals surface area contributed by atoms with Crippen LogP contribution in [0.25, 0.3) is 0 Å². The molecule has 0 saturated carbocycles. The number of halogens is 1. The normalized spacial score (nSPS) is 8.88. The Morgan fingerprint density at radius 1 is 1.50 bits per heavy atom. The van der Waals surface area contributed by atoms with E-state index < -0.39 is 0 Å². The van der Waals surface area contributed by atoms with Gasteiger partial charge in [-0.2, -0.15) is 0 Å². The molecule has 3 nitrogen and oxygen atoms in total. The topological polar surface area (TPSA) is 38.3 Å². The average Bonchev–Trinajstić information content (AvgIpc) is 2.34. The number of nitrogens with one attached hydrogen (secondary N) is 1. The van der Waals surface area contributed by atoms with E-state index >= 15 is 0 Å². The SMILES string of the molecule is COc1ccccc1C#CCNC(=O)CCl. The zero-order valence-corrected chi connectivity index (χ0v) is 9.67. The summed E-state index contributed by atoms with van der Waals surface area (Å²) < 4.78 is 5.13. The highest BCUT2D eigenvalue weighted by atomic mass is 35.5. The molecule has 1 aromatic carbocycles. The summed E-state index contributed by atoms with van der Waals surface area (Å²) in [5, 5.41) is 2.55. The molecule has 0 radical (unpaired) electrons. The number of carbonyl (C=O) groups excluding carboxylic acids is 1. The van der Waals surface area contributed by atoms with Crippen LogP contribution in [0, 0.1) is 11.8 Å². The van der Waals surface area contributed by atoms with Gasteiger partial charge in [-0.3, -0.25) is 4.79 Å². The van der Waals surface area contributed by atoms with Gasteiger partial charge in [-0.05, 0) is 12.1 Å². The molecule has 0 saturated heterocycles. The second-order valence-corrected chi connectivity index (χ2v) is 3.18. The third-order valence-corrected chi connectivity index (χ3v) is 2.07. The van der Waals surface area contributed by atoms with Gasteiger partial charge in [-0.25, -0.2) is 0 Å². The molecule has 0 aliphatic carbocycles. The molecule has 0 bridgehead atoms. The fourth-order valence-electron chi connectivity index (χ4n) is 1.08. The predicted molar refractivity (Wildman–Crippen MR) is 63.6 cm³/mol. The van der Waals surface area contributed by atoms with Crippen molar-refractivity contribution in [1.29, 1.82) is 0 Å². The molecule has 0 aliphatic heterocycles. The van der Waals surface area contributed by atoms with E-state index in [1.54, 1.807) is 7.11 Å². The molecule has 0 fully saturated rings. The number of ether oxygens (including phenoxy) is 1. The maximum atomic E-state index is 10.8. The summed E-state index contributed by atoms with van der Waals surface area (Å²) in [6.45, 7) is 0.281. The molecule has 0 aliphatic rings. The van der Waals surface area contributed by atoms with Gasteiger partial charge in [0.1, 0.15) is 11.6 Å². The van der Waals surface area contributed by atoms with E-state index in [1.807, 2.05) is 24.3 Å². The first-order valence-corrected chi connectivity index (χ1v) is 5.26. The minimum atomic E-state index is -0.226. The minimum absolute atomic E-state index is 0.0453. The van der Waals surface area contributed by atoms with Crippen LogP contribution in [0.3, 0.4) is 0 Å². The van der Waals surface area contributed by atoms with Gasteiger partial charge in [-0.15, -0.1) is 11.6 Å².